The maximum absolute atomic E-state index is 5.90. The first kappa shape index (κ1) is 18.7. The summed E-state index contributed by atoms with van der Waals surface area (Å²) < 4.78 is 17.6. The number of quaternary nitrogens is 1. The average molecular weight is 356 g/mol. The lowest BCUT2D eigenvalue weighted by Gasteiger charge is -2.32. The minimum atomic E-state index is 0.373. The van der Waals surface area contributed by atoms with Gasteiger partial charge in [-0.15, -0.1) is 0 Å². The van der Waals surface area contributed by atoms with Crippen LogP contribution in [0.4, 0.5) is 0 Å². The van der Waals surface area contributed by atoms with Crippen LogP contribution in [-0.4, -0.2) is 38.4 Å². The van der Waals surface area contributed by atoms with Crippen LogP contribution in [0, 0.1) is 0 Å². The van der Waals surface area contributed by atoms with Crippen molar-refractivity contribution in [3.63, 3.8) is 0 Å². The number of morpholine rings is 1. The minimum Gasteiger partial charge on any atom is -0.493 e. The Kier molecular flexibility index (Phi) is 6.92. The Balaban J connectivity index is 1.38. The van der Waals surface area contributed by atoms with Gasteiger partial charge < -0.3 is 19.1 Å². The molecule has 140 valence electrons. The molecule has 1 aliphatic heterocycles. The summed E-state index contributed by atoms with van der Waals surface area (Å²) in [4.78, 5) is 1.65. The number of nitrogens with one attached hydrogen (secondary N) is 1. The second-order valence-corrected chi connectivity index (χ2v) is 7.11. The number of hydrogen-bond acceptors (Lipinski definition) is 3. The topological polar surface area (TPSA) is 32.1 Å². The molecule has 2 atom stereocenters. The summed E-state index contributed by atoms with van der Waals surface area (Å²) in [7, 11) is 0. The summed E-state index contributed by atoms with van der Waals surface area (Å²) in [5.41, 5.74) is 0. The van der Waals surface area contributed by atoms with Crippen molar-refractivity contribution in [2.75, 3.05) is 26.2 Å². The van der Waals surface area contributed by atoms with Crippen molar-refractivity contribution < 1.29 is 19.1 Å². The van der Waals surface area contributed by atoms with E-state index in [1.807, 2.05) is 54.6 Å². The summed E-state index contributed by atoms with van der Waals surface area (Å²) in [5, 5.41) is 0. The Morgan fingerprint density at radius 1 is 0.885 bits per heavy atom. The van der Waals surface area contributed by atoms with Gasteiger partial charge in [-0.05, 0) is 51.0 Å². The molecule has 1 aliphatic rings. The first-order valence-electron chi connectivity index (χ1n) is 9.64. The Bertz CT molecular complexity index is 651. The van der Waals surface area contributed by atoms with Crippen molar-refractivity contribution in [3.05, 3.63) is 54.6 Å². The molecule has 1 heterocycles. The van der Waals surface area contributed by atoms with Crippen molar-refractivity contribution in [2.24, 2.45) is 0 Å². The molecule has 1 fully saturated rings. The molecule has 0 aliphatic carbocycles. The molecule has 26 heavy (non-hydrogen) atoms. The Morgan fingerprint density at radius 2 is 1.58 bits per heavy atom. The summed E-state index contributed by atoms with van der Waals surface area (Å²) in [5.74, 6) is 2.50. The van der Waals surface area contributed by atoms with Crippen molar-refractivity contribution >= 4 is 0 Å². The highest BCUT2D eigenvalue weighted by atomic mass is 16.5. The molecule has 0 spiro atoms. The molecule has 3 rings (SSSR count). The van der Waals surface area contributed by atoms with Crippen LogP contribution < -0.4 is 14.4 Å². The molecule has 0 radical (unpaired) electrons. The first-order valence-corrected chi connectivity index (χ1v) is 9.64. The molecular formula is C22H30NO3+. The van der Waals surface area contributed by atoms with Gasteiger partial charge in [0.2, 0.25) is 0 Å². The molecule has 0 aromatic heterocycles. The van der Waals surface area contributed by atoms with Gasteiger partial charge in [-0.3, -0.25) is 0 Å². The van der Waals surface area contributed by atoms with Gasteiger partial charge >= 0.3 is 0 Å². The second kappa shape index (κ2) is 9.60. The van der Waals surface area contributed by atoms with E-state index in [9.17, 15) is 0 Å². The molecule has 2 aromatic rings. The number of hydrogen-bond donors (Lipinski definition) is 1. The van der Waals surface area contributed by atoms with Gasteiger partial charge in [-0.2, -0.15) is 0 Å². The van der Waals surface area contributed by atoms with Crippen LogP contribution in [0.2, 0.25) is 0 Å². The third kappa shape index (κ3) is 6.04. The Hall–Kier alpha value is -2.04. The zero-order chi connectivity index (χ0) is 18.2. The Morgan fingerprint density at radius 3 is 2.35 bits per heavy atom. The van der Waals surface area contributed by atoms with Crippen LogP contribution >= 0.6 is 0 Å². The quantitative estimate of drug-likeness (QED) is 0.737. The normalized spacial score (nSPS) is 22.8. The summed E-state index contributed by atoms with van der Waals surface area (Å²) in [6, 6.07) is 17.6. The van der Waals surface area contributed by atoms with Crippen LogP contribution in [-0.2, 0) is 4.74 Å². The van der Waals surface area contributed by atoms with E-state index >= 15 is 0 Å². The molecule has 0 saturated carbocycles. The van der Waals surface area contributed by atoms with Crippen molar-refractivity contribution in [1.82, 2.24) is 0 Å². The lowest BCUT2D eigenvalue weighted by molar-refractivity contribution is -0.915. The lowest BCUT2D eigenvalue weighted by atomic mass is 10.2. The van der Waals surface area contributed by atoms with Gasteiger partial charge in [0.05, 0.1) is 13.2 Å². The zero-order valence-corrected chi connectivity index (χ0v) is 15.8. The highest BCUT2D eigenvalue weighted by molar-refractivity contribution is 5.36. The number of benzene rings is 2. The van der Waals surface area contributed by atoms with E-state index < -0.39 is 0 Å². The fraction of sp³-hybridized carbons (Fsp3) is 0.455. The van der Waals surface area contributed by atoms with E-state index in [0.29, 0.717) is 12.2 Å². The predicted octanol–water partition coefficient (Wildman–Crippen LogP) is 3.33. The summed E-state index contributed by atoms with van der Waals surface area (Å²) in [6.07, 6.45) is 2.99. The van der Waals surface area contributed by atoms with Gasteiger partial charge in [0, 0.05) is 6.07 Å². The van der Waals surface area contributed by atoms with Crippen LogP contribution in [0.5, 0.6) is 17.2 Å². The molecule has 0 amide bonds. The molecule has 1 saturated heterocycles. The number of rotatable bonds is 8. The third-order valence-electron chi connectivity index (χ3n) is 4.59. The monoisotopic (exact) mass is 356 g/mol. The molecule has 4 nitrogen and oxygen atoms in total. The van der Waals surface area contributed by atoms with E-state index in [1.165, 1.54) is 13.0 Å². The minimum absolute atomic E-state index is 0.373. The summed E-state index contributed by atoms with van der Waals surface area (Å²) in [6.45, 7) is 8.50. The standard InChI is InChI=1S/C22H29NO3/c1-18-16-23(17-19(2)25-18)13-6-7-14-24-21-11-8-12-22(15-21)26-20-9-4-3-5-10-20/h3-5,8-12,15,18-19H,6-7,13-14,16-17H2,1-2H3/p+1/t18-,19-/m1/s1. The van der Waals surface area contributed by atoms with Crippen LogP contribution in [0.1, 0.15) is 26.7 Å². The van der Waals surface area contributed by atoms with E-state index in [2.05, 4.69) is 13.8 Å². The van der Waals surface area contributed by atoms with Gasteiger partial charge in [-0.1, -0.05) is 24.3 Å². The Labute approximate surface area is 156 Å². The molecule has 2 aromatic carbocycles. The van der Waals surface area contributed by atoms with E-state index in [1.54, 1.807) is 4.90 Å². The van der Waals surface area contributed by atoms with Gasteiger partial charge in [0.15, 0.2) is 0 Å². The molecule has 0 bridgehead atoms. The van der Waals surface area contributed by atoms with Gasteiger partial charge in [-0.25, -0.2) is 0 Å². The van der Waals surface area contributed by atoms with Gasteiger partial charge in [0.1, 0.15) is 42.5 Å². The number of para-hydroxylation sites is 1. The van der Waals surface area contributed by atoms with Crippen LogP contribution in [0.3, 0.4) is 0 Å². The van der Waals surface area contributed by atoms with Gasteiger partial charge in [0.25, 0.3) is 0 Å². The highest BCUT2D eigenvalue weighted by Crippen LogP contribution is 2.25. The lowest BCUT2D eigenvalue weighted by Crippen LogP contribution is -3.15. The van der Waals surface area contributed by atoms with Crippen LogP contribution in [0.15, 0.2) is 54.6 Å². The highest BCUT2D eigenvalue weighted by Gasteiger charge is 2.24. The molecule has 4 heteroatoms. The van der Waals surface area contributed by atoms with Crippen LogP contribution in [0.25, 0.3) is 0 Å². The number of unbranched alkanes of at least 4 members (excludes halogenated alkanes) is 1. The molecule has 0 unspecified atom stereocenters. The average Bonchev–Trinajstić information content (AvgIpc) is 2.62. The number of ether oxygens (including phenoxy) is 3. The van der Waals surface area contributed by atoms with E-state index in [0.717, 1.165) is 43.4 Å². The SMILES string of the molecule is C[C@@H]1C[NH+](CCCCOc2cccc(Oc3ccccc3)c2)C[C@@H](C)O1. The maximum atomic E-state index is 5.90. The summed E-state index contributed by atoms with van der Waals surface area (Å²) >= 11 is 0. The largest absolute Gasteiger partial charge is 0.493 e. The van der Waals surface area contributed by atoms with E-state index in [4.69, 9.17) is 14.2 Å². The smallest absolute Gasteiger partial charge is 0.131 e. The second-order valence-electron chi connectivity index (χ2n) is 7.11. The predicted molar refractivity (Wildman–Crippen MR) is 103 cm³/mol. The fourth-order valence-electron chi connectivity index (χ4n) is 3.51. The van der Waals surface area contributed by atoms with Crippen molar-refractivity contribution in [1.29, 1.82) is 0 Å². The first-order chi connectivity index (χ1) is 12.7. The van der Waals surface area contributed by atoms with Crippen molar-refractivity contribution in [2.45, 2.75) is 38.9 Å². The van der Waals surface area contributed by atoms with Crippen molar-refractivity contribution in [3.8, 4) is 17.2 Å². The third-order valence-corrected chi connectivity index (χ3v) is 4.59. The van der Waals surface area contributed by atoms with E-state index in [-0.39, 0.29) is 0 Å². The molecular weight excluding hydrogens is 326 g/mol. The zero-order valence-electron chi connectivity index (χ0n) is 15.8. The maximum Gasteiger partial charge on any atom is 0.131 e. The molecule has 1 N–H and O–H groups in total. The fourth-order valence-corrected chi connectivity index (χ4v) is 3.51.